The van der Waals surface area contributed by atoms with Crippen molar-refractivity contribution in [2.75, 3.05) is 13.1 Å². The van der Waals surface area contributed by atoms with Gasteiger partial charge in [0.25, 0.3) is 5.91 Å². The molecule has 2 aliphatic rings. The maximum Gasteiger partial charge on any atom is 0.292 e. The number of carbonyl (C=O) groups is 1. The molecule has 2 saturated heterocycles. The summed E-state index contributed by atoms with van der Waals surface area (Å²) in [6.07, 6.45) is 4.52. The van der Waals surface area contributed by atoms with Gasteiger partial charge in [0.15, 0.2) is 0 Å². The third kappa shape index (κ3) is 3.33. The minimum absolute atomic E-state index is 0.00494. The molecule has 3 heterocycles. The van der Waals surface area contributed by atoms with E-state index in [1.54, 1.807) is 6.07 Å². The van der Waals surface area contributed by atoms with Crippen molar-refractivity contribution in [1.82, 2.24) is 15.0 Å². The number of benzene rings is 1. The van der Waals surface area contributed by atoms with Gasteiger partial charge >= 0.3 is 0 Å². The summed E-state index contributed by atoms with van der Waals surface area (Å²) in [7, 11) is 0. The molecule has 0 saturated carbocycles. The Morgan fingerprint density at radius 3 is 2.68 bits per heavy atom. The van der Waals surface area contributed by atoms with Crippen molar-refractivity contribution in [3.05, 3.63) is 53.4 Å². The number of carbonyl (C=O) groups excluding carboxylic acids is 1. The Hall–Kier alpha value is -2.14. The highest BCUT2D eigenvalue weighted by Crippen LogP contribution is 2.32. The lowest BCUT2D eigenvalue weighted by Crippen LogP contribution is -2.48. The Morgan fingerprint density at radius 1 is 1.16 bits per heavy atom. The zero-order chi connectivity index (χ0) is 17.2. The second-order valence-electron chi connectivity index (χ2n) is 7.21. The summed E-state index contributed by atoms with van der Waals surface area (Å²) >= 11 is 0. The van der Waals surface area contributed by atoms with Gasteiger partial charge in [0.2, 0.25) is 5.76 Å². The largest absolute Gasteiger partial charge is 0.351 e. The Labute approximate surface area is 148 Å². The number of nitrogens with zero attached hydrogens (tertiary/aromatic N) is 3. The quantitative estimate of drug-likeness (QED) is 0.858. The molecule has 0 N–H and O–H groups in total. The van der Waals surface area contributed by atoms with Crippen LogP contribution in [-0.2, 0) is 6.54 Å². The van der Waals surface area contributed by atoms with Crippen LogP contribution in [0.15, 0.2) is 40.9 Å². The van der Waals surface area contributed by atoms with E-state index < -0.39 is 0 Å². The lowest BCUT2D eigenvalue weighted by Gasteiger charge is -2.34. The van der Waals surface area contributed by atoms with Gasteiger partial charge in [-0.05, 0) is 44.7 Å². The molecule has 0 unspecified atom stereocenters. The summed E-state index contributed by atoms with van der Waals surface area (Å²) in [5.74, 6) is 0.367. The van der Waals surface area contributed by atoms with Crippen LogP contribution in [0, 0.1) is 6.92 Å². The lowest BCUT2D eigenvalue weighted by molar-refractivity contribution is 0.0599. The molecule has 5 heteroatoms. The zero-order valence-corrected chi connectivity index (χ0v) is 14.7. The summed E-state index contributed by atoms with van der Waals surface area (Å²) in [6, 6.07) is 13.1. The van der Waals surface area contributed by atoms with Gasteiger partial charge in [-0.2, -0.15) is 0 Å². The molecule has 5 nitrogen and oxygen atoms in total. The van der Waals surface area contributed by atoms with E-state index in [1.807, 2.05) is 11.8 Å². The third-order valence-corrected chi connectivity index (χ3v) is 5.49. The Kier molecular flexibility index (Phi) is 4.57. The molecule has 2 aromatic rings. The number of hydrogen-bond acceptors (Lipinski definition) is 4. The van der Waals surface area contributed by atoms with Crippen molar-refractivity contribution in [3.8, 4) is 0 Å². The molecule has 0 radical (unpaired) electrons. The van der Waals surface area contributed by atoms with Gasteiger partial charge in [-0.1, -0.05) is 35.5 Å². The Balaban J connectivity index is 1.50. The summed E-state index contributed by atoms with van der Waals surface area (Å²) in [5.41, 5.74) is 2.10. The molecular weight excluding hydrogens is 314 g/mol. The van der Waals surface area contributed by atoms with E-state index in [0.29, 0.717) is 11.8 Å². The van der Waals surface area contributed by atoms with Crippen LogP contribution in [0.1, 0.15) is 47.5 Å². The maximum absolute atomic E-state index is 12.9. The van der Waals surface area contributed by atoms with Gasteiger partial charge in [-0.15, -0.1) is 0 Å². The number of amides is 1. The van der Waals surface area contributed by atoms with Gasteiger partial charge in [0.05, 0.1) is 5.69 Å². The fraction of sp³-hybridized carbons (Fsp3) is 0.500. The molecule has 0 aliphatic carbocycles. The van der Waals surface area contributed by atoms with Crippen LogP contribution in [0.4, 0.5) is 0 Å². The molecule has 4 rings (SSSR count). The predicted octanol–water partition coefficient (Wildman–Crippen LogP) is 3.25. The first kappa shape index (κ1) is 16.3. The minimum Gasteiger partial charge on any atom is -0.351 e. The van der Waals surface area contributed by atoms with Crippen LogP contribution in [0.3, 0.4) is 0 Å². The highest BCUT2D eigenvalue weighted by molar-refractivity contribution is 5.92. The zero-order valence-electron chi connectivity index (χ0n) is 14.7. The van der Waals surface area contributed by atoms with E-state index in [1.165, 1.54) is 12.0 Å². The second kappa shape index (κ2) is 7.00. The van der Waals surface area contributed by atoms with Crippen molar-refractivity contribution < 1.29 is 9.32 Å². The van der Waals surface area contributed by atoms with Crippen LogP contribution in [0.25, 0.3) is 0 Å². The van der Waals surface area contributed by atoms with E-state index in [-0.39, 0.29) is 11.9 Å². The monoisotopic (exact) mass is 339 g/mol. The van der Waals surface area contributed by atoms with E-state index in [2.05, 4.69) is 40.4 Å². The van der Waals surface area contributed by atoms with Gasteiger partial charge in [0, 0.05) is 31.2 Å². The summed E-state index contributed by atoms with van der Waals surface area (Å²) in [4.78, 5) is 17.4. The highest BCUT2D eigenvalue weighted by Gasteiger charge is 2.40. The van der Waals surface area contributed by atoms with Crippen LogP contribution in [-0.4, -0.2) is 46.0 Å². The normalized spacial score (nSPS) is 24.1. The smallest absolute Gasteiger partial charge is 0.292 e. The molecule has 132 valence electrons. The summed E-state index contributed by atoms with van der Waals surface area (Å²) in [6.45, 7) is 4.74. The van der Waals surface area contributed by atoms with Crippen LogP contribution in [0.5, 0.6) is 0 Å². The van der Waals surface area contributed by atoms with Gasteiger partial charge in [0.1, 0.15) is 0 Å². The van der Waals surface area contributed by atoms with Crippen LogP contribution < -0.4 is 0 Å². The average molecular weight is 339 g/mol. The molecule has 1 aromatic carbocycles. The Bertz CT molecular complexity index is 728. The van der Waals surface area contributed by atoms with Crippen molar-refractivity contribution in [2.45, 2.75) is 51.2 Å². The topological polar surface area (TPSA) is 49.6 Å². The molecular formula is C20H25N3O2. The molecule has 2 aliphatic heterocycles. The minimum atomic E-state index is -0.00494. The fourth-order valence-electron chi connectivity index (χ4n) is 4.35. The fourth-order valence-corrected chi connectivity index (χ4v) is 4.35. The van der Waals surface area contributed by atoms with Crippen LogP contribution in [0.2, 0.25) is 0 Å². The summed E-state index contributed by atoms with van der Waals surface area (Å²) < 4.78 is 5.22. The highest BCUT2D eigenvalue weighted by atomic mass is 16.5. The van der Waals surface area contributed by atoms with Crippen molar-refractivity contribution >= 4 is 5.91 Å². The molecule has 1 amide bonds. The van der Waals surface area contributed by atoms with Crippen LogP contribution >= 0.6 is 0 Å². The number of aromatic nitrogens is 1. The second-order valence-corrected chi connectivity index (χ2v) is 7.21. The predicted molar refractivity (Wildman–Crippen MR) is 95.2 cm³/mol. The number of likely N-dealkylation sites (tertiary alicyclic amines) is 2. The molecule has 0 bridgehead atoms. The molecule has 2 atom stereocenters. The van der Waals surface area contributed by atoms with Gasteiger partial charge in [-0.3, -0.25) is 9.69 Å². The van der Waals surface area contributed by atoms with Gasteiger partial charge in [-0.25, -0.2) is 0 Å². The number of rotatable bonds is 4. The average Bonchev–Trinajstić information content (AvgIpc) is 3.35. The lowest BCUT2D eigenvalue weighted by atomic mass is 10.0. The molecule has 1 aromatic heterocycles. The van der Waals surface area contributed by atoms with Crippen molar-refractivity contribution in [1.29, 1.82) is 0 Å². The van der Waals surface area contributed by atoms with E-state index in [4.69, 9.17) is 4.52 Å². The maximum atomic E-state index is 12.9. The number of aryl methyl sites for hydroxylation is 1. The van der Waals surface area contributed by atoms with E-state index >= 15 is 0 Å². The molecule has 2 fully saturated rings. The first-order valence-corrected chi connectivity index (χ1v) is 9.24. The van der Waals surface area contributed by atoms with E-state index in [0.717, 1.165) is 44.6 Å². The summed E-state index contributed by atoms with van der Waals surface area (Å²) in [5, 5.41) is 3.87. The first-order chi connectivity index (χ1) is 12.2. The third-order valence-electron chi connectivity index (χ3n) is 5.49. The standard InChI is InChI=1S/C20H25N3O2/c1-15-13-19(25-21-15)20(24)23-12-6-10-18(23)17-9-5-11-22(17)14-16-7-3-2-4-8-16/h2-4,7-8,13,17-18H,5-6,9-12,14H2,1H3/t17-,18-/m0/s1. The Morgan fingerprint density at radius 2 is 1.92 bits per heavy atom. The van der Waals surface area contributed by atoms with Gasteiger partial charge < -0.3 is 9.42 Å². The SMILES string of the molecule is Cc1cc(C(=O)N2CCC[C@H]2[C@@H]2CCCN2Cc2ccccc2)on1. The van der Waals surface area contributed by atoms with Crippen molar-refractivity contribution in [3.63, 3.8) is 0 Å². The number of hydrogen-bond donors (Lipinski definition) is 0. The van der Waals surface area contributed by atoms with E-state index in [9.17, 15) is 4.79 Å². The van der Waals surface area contributed by atoms with Crippen molar-refractivity contribution in [2.24, 2.45) is 0 Å². The first-order valence-electron chi connectivity index (χ1n) is 9.24. The molecule has 25 heavy (non-hydrogen) atoms. The molecule has 0 spiro atoms.